The van der Waals surface area contributed by atoms with Crippen molar-refractivity contribution in [3.63, 3.8) is 0 Å². The van der Waals surface area contributed by atoms with Gasteiger partial charge in [-0.15, -0.1) is 0 Å². The van der Waals surface area contributed by atoms with Crippen molar-refractivity contribution in [3.05, 3.63) is 24.3 Å². The molecule has 0 amide bonds. The van der Waals surface area contributed by atoms with E-state index in [0.717, 1.165) is 0 Å². The second-order valence-electron chi connectivity index (χ2n) is 3.50. The lowest BCUT2D eigenvalue weighted by atomic mass is 10.3. The zero-order chi connectivity index (χ0) is 13.1. The van der Waals surface area contributed by atoms with Crippen LogP contribution in [0.15, 0.2) is 24.3 Å². The Balaban J connectivity index is 2.87. The minimum Gasteiger partial charge on any atom is -0.487 e. The Morgan fingerprint density at radius 3 is 2.18 bits per heavy atom. The molecular formula is C11H11F3O3. The highest BCUT2D eigenvalue weighted by atomic mass is 19.4. The Kier molecular flexibility index (Phi) is 3.98. The summed E-state index contributed by atoms with van der Waals surface area (Å²) in [6, 6.07) is 5.69. The maximum Gasteiger partial charge on any atom is 0.491 e. The highest BCUT2D eigenvalue weighted by Gasteiger charge is 2.41. The first kappa shape index (κ1) is 13.3. The summed E-state index contributed by atoms with van der Waals surface area (Å²) in [5.41, 5.74) is 0. The Morgan fingerprint density at radius 2 is 1.71 bits per heavy atom. The summed E-state index contributed by atoms with van der Waals surface area (Å²) in [7, 11) is 0. The third-order valence-corrected chi connectivity index (χ3v) is 1.65. The first-order chi connectivity index (χ1) is 7.80. The van der Waals surface area contributed by atoms with Crippen LogP contribution in [-0.2, 0) is 4.79 Å². The van der Waals surface area contributed by atoms with E-state index in [9.17, 15) is 18.0 Å². The summed E-state index contributed by atoms with van der Waals surface area (Å²) in [4.78, 5) is 10.7. The fourth-order valence-corrected chi connectivity index (χ4v) is 1.04. The minimum absolute atomic E-state index is 0.0973. The molecule has 0 aliphatic carbocycles. The molecule has 0 fully saturated rings. The van der Waals surface area contributed by atoms with Crippen molar-refractivity contribution >= 4 is 5.97 Å². The van der Waals surface area contributed by atoms with Gasteiger partial charge < -0.3 is 9.47 Å². The van der Waals surface area contributed by atoms with Crippen molar-refractivity contribution in [1.82, 2.24) is 0 Å². The number of para-hydroxylation sites is 2. The van der Waals surface area contributed by atoms with Gasteiger partial charge in [-0.3, -0.25) is 0 Å². The molecule has 0 aromatic heterocycles. The highest BCUT2D eigenvalue weighted by molar-refractivity contribution is 5.78. The van der Waals surface area contributed by atoms with E-state index >= 15 is 0 Å². The van der Waals surface area contributed by atoms with E-state index in [1.165, 1.54) is 18.2 Å². The number of ether oxygens (including phenoxy) is 2. The lowest BCUT2D eigenvalue weighted by molar-refractivity contribution is -0.189. The van der Waals surface area contributed by atoms with Crippen molar-refractivity contribution < 1.29 is 27.4 Å². The first-order valence-corrected chi connectivity index (χ1v) is 4.85. The average molecular weight is 248 g/mol. The normalized spacial score (nSPS) is 11.4. The van der Waals surface area contributed by atoms with Gasteiger partial charge in [-0.25, -0.2) is 4.79 Å². The van der Waals surface area contributed by atoms with Gasteiger partial charge in [-0.1, -0.05) is 12.1 Å². The maximum absolute atomic E-state index is 12.0. The van der Waals surface area contributed by atoms with Crippen LogP contribution in [-0.4, -0.2) is 18.2 Å². The molecule has 1 aromatic rings. The van der Waals surface area contributed by atoms with Gasteiger partial charge in [0.15, 0.2) is 11.5 Å². The van der Waals surface area contributed by atoms with Gasteiger partial charge >= 0.3 is 12.1 Å². The number of carbonyl (C=O) groups excluding carboxylic acids is 1. The SMILES string of the molecule is CC(C)Oc1ccccc1OC(=O)C(F)(F)F. The van der Waals surface area contributed by atoms with Gasteiger partial charge in [0.1, 0.15) is 0 Å². The molecule has 1 aromatic carbocycles. The van der Waals surface area contributed by atoms with Crippen LogP contribution in [0.25, 0.3) is 0 Å². The molecule has 0 aliphatic rings. The van der Waals surface area contributed by atoms with Crippen molar-refractivity contribution in [2.45, 2.75) is 26.1 Å². The quantitative estimate of drug-likeness (QED) is 0.609. The van der Waals surface area contributed by atoms with Gasteiger partial charge in [-0.05, 0) is 26.0 Å². The summed E-state index contributed by atoms with van der Waals surface area (Å²) in [6.07, 6.45) is -5.26. The minimum atomic E-state index is -5.02. The monoisotopic (exact) mass is 248 g/mol. The molecule has 17 heavy (non-hydrogen) atoms. The molecule has 94 valence electrons. The molecule has 0 N–H and O–H groups in total. The Hall–Kier alpha value is -1.72. The van der Waals surface area contributed by atoms with Crippen molar-refractivity contribution in [2.24, 2.45) is 0 Å². The predicted molar refractivity (Wildman–Crippen MR) is 53.9 cm³/mol. The number of halogens is 3. The number of hydrogen-bond acceptors (Lipinski definition) is 3. The van der Waals surface area contributed by atoms with Gasteiger partial charge in [0.2, 0.25) is 0 Å². The second kappa shape index (κ2) is 5.07. The van der Waals surface area contributed by atoms with E-state index in [-0.39, 0.29) is 17.6 Å². The number of carbonyl (C=O) groups is 1. The maximum atomic E-state index is 12.0. The lowest BCUT2D eigenvalue weighted by Gasteiger charge is -2.14. The molecule has 0 heterocycles. The number of alkyl halides is 3. The highest BCUT2D eigenvalue weighted by Crippen LogP contribution is 2.29. The Bertz CT molecular complexity index is 399. The van der Waals surface area contributed by atoms with Gasteiger partial charge in [0, 0.05) is 0 Å². The molecule has 1 rings (SSSR count). The van der Waals surface area contributed by atoms with Crippen LogP contribution in [0.3, 0.4) is 0 Å². The predicted octanol–water partition coefficient (Wildman–Crippen LogP) is 2.94. The third kappa shape index (κ3) is 3.97. The fourth-order valence-electron chi connectivity index (χ4n) is 1.04. The second-order valence-corrected chi connectivity index (χ2v) is 3.50. The van der Waals surface area contributed by atoms with Crippen molar-refractivity contribution in [1.29, 1.82) is 0 Å². The largest absolute Gasteiger partial charge is 0.491 e. The van der Waals surface area contributed by atoms with Crippen molar-refractivity contribution in [2.75, 3.05) is 0 Å². The van der Waals surface area contributed by atoms with E-state index in [1.54, 1.807) is 19.9 Å². The first-order valence-electron chi connectivity index (χ1n) is 4.85. The number of rotatable bonds is 3. The van der Waals surface area contributed by atoms with Crippen LogP contribution in [0, 0.1) is 0 Å². The Labute approximate surface area is 96.1 Å². The lowest BCUT2D eigenvalue weighted by Crippen LogP contribution is -2.28. The van der Waals surface area contributed by atoms with Crippen LogP contribution in [0.5, 0.6) is 11.5 Å². The van der Waals surface area contributed by atoms with Gasteiger partial charge in [0.25, 0.3) is 0 Å². The summed E-state index contributed by atoms with van der Waals surface area (Å²) in [6.45, 7) is 3.42. The Morgan fingerprint density at radius 1 is 1.18 bits per heavy atom. The summed E-state index contributed by atoms with van der Waals surface area (Å²) in [5.74, 6) is -2.42. The van der Waals surface area contributed by atoms with E-state index < -0.39 is 12.1 Å². The molecule has 0 aliphatic heterocycles. The van der Waals surface area contributed by atoms with Crippen LogP contribution in [0.4, 0.5) is 13.2 Å². The molecular weight excluding hydrogens is 237 g/mol. The summed E-state index contributed by atoms with van der Waals surface area (Å²) < 4.78 is 45.5. The van der Waals surface area contributed by atoms with Crippen LogP contribution in [0.2, 0.25) is 0 Å². The molecule has 0 atom stereocenters. The van der Waals surface area contributed by atoms with Crippen molar-refractivity contribution in [3.8, 4) is 11.5 Å². The molecule has 3 nitrogen and oxygen atoms in total. The number of hydrogen-bond donors (Lipinski definition) is 0. The zero-order valence-electron chi connectivity index (χ0n) is 9.25. The molecule has 6 heteroatoms. The molecule has 0 saturated carbocycles. The van der Waals surface area contributed by atoms with Crippen LogP contribution >= 0.6 is 0 Å². The standard InChI is InChI=1S/C11H11F3O3/c1-7(2)16-8-5-3-4-6-9(8)17-10(15)11(12,13)14/h3-7H,1-2H3. The smallest absolute Gasteiger partial charge is 0.487 e. The molecule has 0 unspecified atom stereocenters. The van der Waals surface area contributed by atoms with Crippen LogP contribution in [0.1, 0.15) is 13.8 Å². The van der Waals surface area contributed by atoms with Gasteiger partial charge in [-0.2, -0.15) is 13.2 Å². The van der Waals surface area contributed by atoms with E-state index in [1.807, 2.05) is 0 Å². The molecule has 0 spiro atoms. The topological polar surface area (TPSA) is 35.5 Å². The van der Waals surface area contributed by atoms with E-state index in [4.69, 9.17) is 4.74 Å². The zero-order valence-corrected chi connectivity index (χ0v) is 9.25. The third-order valence-electron chi connectivity index (χ3n) is 1.65. The molecule has 0 bridgehead atoms. The fraction of sp³-hybridized carbons (Fsp3) is 0.364. The summed E-state index contributed by atoms with van der Waals surface area (Å²) in [5, 5.41) is 0. The van der Waals surface area contributed by atoms with E-state index in [2.05, 4.69) is 4.74 Å². The van der Waals surface area contributed by atoms with Gasteiger partial charge in [0.05, 0.1) is 6.10 Å². The average Bonchev–Trinajstić information content (AvgIpc) is 2.18. The number of benzene rings is 1. The molecule has 0 saturated heterocycles. The number of esters is 1. The van der Waals surface area contributed by atoms with E-state index in [0.29, 0.717) is 0 Å². The summed E-state index contributed by atoms with van der Waals surface area (Å²) >= 11 is 0. The van der Waals surface area contributed by atoms with Crippen LogP contribution < -0.4 is 9.47 Å². The molecule has 0 radical (unpaired) electrons.